The molecule has 4 amide bonds. The van der Waals surface area contributed by atoms with Crippen LogP contribution in [0.15, 0.2) is 66.7 Å². The van der Waals surface area contributed by atoms with E-state index in [1.807, 2.05) is 54.3 Å². The molecule has 2 aliphatic rings. The number of nitrogens with zero attached hydrogens (tertiary/aromatic N) is 4. The zero-order valence-corrected chi connectivity index (χ0v) is 28.0. The molecule has 50 heavy (non-hydrogen) atoms. The van der Waals surface area contributed by atoms with Crippen molar-refractivity contribution in [2.24, 2.45) is 11.8 Å². The minimum atomic E-state index is -1.05. The molecule has 0 spiro atoms. The second-order valence-corrected chi connectivity index (χ2v) is 13.2. The van der Waals surface area contributed by atoms with Crippen molar-refractivity contribution in [2.75, 3.05) is 25.0 Å². The third-order valence-corrected chi connectivity index (χ3v) is 9.72. The number of carboxylic acid groups (broad SMARTS) is 1. The van der Waals surface area contributed by atoms with Gasteiger partial charge in [-0.2, -0.15) is 5.21 Å². The van der Waals surface area contributed by atoms with E-state index in [1.165, 1.54) is 0 Å². The number of hydrogen-bond acceptors (Lipinski definition) is 7. The number of likely N-dealkylation sites (tertiary alicyclic amines) is 1. The van der Waals surface area contributed by atoms with Gasteiger partial charge in [0.25, 0.3) is 5.91 Å². The van der Waals surface area contributed by atoms with Gasteiger partial charge in [0.1, 0.15) is 6.04 Å². The summed E-state index contributed by atoms with van der Waals surface area (Å²) in [6, 6.07) is 20.0. The highest BCUT2D eigenvalue weighted by Gasteiger charge is 2.30. The van der Waals surface area contributed by atoms with Crippen molar-refractivity contribution in [3.8, 4) is 22.5 Å². The van der Waals surface area contributed by atoms with Gasteiger partial charge in [-0.15, -0.1) is 10.2 Å². The molecule has 0 radical (unpaired) electrons. The molecule has 1 aliphatic heterocycles. The van der Waals surface area contributed by atoms with E-state index in [0.29, 0.717) is 36.5 Å². The summed E-state index contributed by atoms with van der Waals surface area (Å²) in [5.74, 6) is -0.0854. The molecule has 1 aliphatic carbocycles. The summed E-state index contributed by atoms with van der Waals surface area (Å²) >= 11 is 0. The van der Waals surface area contributed by atoms with Gasteiger partial charge in [0.2, 0.25) is 17.6 Å². The Balaban J connectivity index is 1.14. The number of nitrogens with one attached hydrogen (secondary N) is 4. The van der Waals surface area contributed by atoms with Crippen molar-refractivity contribution in [3.63, 3.8) is 0 Å². The molecule has 6 rings (SSSR count). The summed E-state index contributed by atoms with van der Waals surface area (Å²) in [6.07, 6.45) is 4.04. The van der Waals surface area contributed by atoms with Crippen LogP contribution in [0, 0.1) is 18.8 Å². The number of aryl methyl sites for hydroxylation is 1. The number of H-pyrrole nitrogens is 1. The van der Waals surface area contributed by atoms with Gasteiger partial charge < -0.3 is 26.0 Å². The number of tetrazole rings is 1. The molecule has 4 aromatic rings. The van der Waals surface area contributed by atoms with Crippen LogP contribution in [0.1, 0.15) is 60.0 Å². The van der Waals surface area contributed by atoms with Crippen molar-refractivity contribution in [2.45, 2.75) is 57.9 Å². The fourth-order valence-electron chi connectivity index (χ4n) is 6.85. The second kappa shape index (κ2) is 15.7. The third-order valence-electron chi connectivity index (χ3n) is 9.72. The molecule has 1 atom stereocenters. The summed E-state index contributed by atoms with van der Waals surface area (Å²) in [5, 5.41) is 31.3. The maximum Gasteiger partial charge on any atom is 0.404 e. The largest absolute Gasteiger partial charge is 0.465 e. The number of rotatable bonds is 11. The number of hydrogen-bond donors (Lipinski definition) is 5. The Morgan fingerprint density at radius 2 is 1.62 bits per heavy atom. The predicted octanol–water partition coefficient (Wildman–Crippen LogP) is 4.82. The Morgan fingerprint density at radius 3 is 2.26 bits per heavy atom. The van der Waals surface area contributed by atoms with E-state index in [0.717, 1.165) is 66.6 Å². The van der Waals surface area contributed by atoms with Crippen molar-refractivity contribution in [1.29, 1.82) is 0 Å². The Hall–Kier alpha value is -5.59. The van der Waals surface area contributed by atoms with E-state index < -0.39 is 12.1 Å². The number of aromatic nitrogens is 4. The molecule has 1 saturated carbocycles. The van der Waals surface area contributed by atoms with Crippen LogP contribution in [0.3, 0.4) is 0 Å². The molecule has 0 unspecified atom stereocenters. The summed E-state index contributed by atoms with van der Waals surface area (Å²) in [4.78, 5) is 52.9. The lowest BCUT2D eigenvalue weighted by Crippen LogP contribution is -2.48. The molecular formula is C37H42N8O5. The van der Waals surface area contributed by atoms with Crippen LogP contribution in [-0.2, 0) is 16.0 Å². The Morgan fingerprint density at radius 1 is 0.920 bits per heavy atom. The highest BCUT2D eigenvalue weighted by molar-refractivity contribution is 5.98. The first kappa shape index (κ1) is 34.3. The van der Waals surface area contributed by atoms with Gasteiger partial charge in [0, 0.05) is 48.8 Å². The van der Waals surface area contributed by atoms with E-state index in [9.17, 15) is 19.2 Å². The van der Waals surface area contributed by atoms with Crippen LogP contribution in [0.5, 0.6) is 0 Å². The third kappa shape index (κ3) is 8.52. The molecule has 3 aromatic carbocycles. The number of carbonyl (C=O) groups excluding carboxylic acids is 3. The van der Waals surface area contributed by atoms with Gasteiger partial charge in [-0.25, -0.2) is 4.79 Å². The molecule has 260 valence electrons. The summed E-state index contributed by atoms with van der Waals surface area (Å²) < 4.78 is 0. The predicted molar refractivity (Wildman–Crippen MR) is 187 cm³/mol. The van der Waals surface area contributed by atoms with E-state index in [-0.39, 0.29) is 36.0 Å². The van der Waals surface area contributed by atoms with Gasteiger partial charge in [-0.3, -0.25) is 14.4 Å². The molecular weight excluding hydrogens is 636 g/mol. The van der Waals surface area contributed by atoms with Crippen LogP contribution < -0.4 is 16.0 Å². The number of aromatic amines is 1. The lowest BCUT2D eigenvalue weighted by atomic mass is 9.81. The molecule has 13 nitrogen and oxygen atoms in total. The SMILES string of the molecule is Cc1cc(C(=O)N2CCCC2)ccc1-c1ccc(C[C@H](NC(=O)C2CCC(CNC(=O)O)CC2)C(=O)Nc2ccc(-c3nn[nH]n3)cc2)cc1. The van der Waals surface area contributed by atoms with Gasteiger partial charge in [0.05, 0.1) is 0 Å². The van der Waals surface area contributed by atoms with Crippen LogP contribution in [0.4, 0.5) is 10.5 Å². The second-order valence-electron chi connectivity index (χ2n) is 13.2. The minimum absolute atomic E-state index is 0.0741. The maximum absolute atomic E-state index is 13.7. The first-order valence-corrected chi connectivity index (χ1v) is 17.1. The molecule has 2 heterocycles. The molecule has 2 fully saturated rings. The van der Waals surface area contributed by atoms with Gasteiger partial charge in [0.15, 0.2) is 0 Å². The molecule has 0 bridgehead atoms. The lowest BCUT2D eigenvalue weighted by Gasteiger charge is -2.29. The molecule has 1 saturated heterocycles. The smallest absolute Gasteiger partial charge is 0.404 e. The van der Waals surface area contributed by atoms with Crippen molar-refractivity contribution < 1.29 is 24.3 Å². The first-order valence-electron chi connectivity index (χ1n) is 17.1. The zero-order chi connectivity index (χ0) is 35.0. The van der Waals surface area contributed by atoms with Crippen molar-refractivity contribution >= 4 is 29.5 Å². The lowest BCUT2D eigenvalue weighted by molar-refractivity contribution is -0.130. The number of amides is 4. The van der Waals surface area contributed by atoms with Crippen LogP contribution in [0.2, 0.25) is 0 Å². The molecule has 5 N–H and O–H groups in total. The maximum atomic E-state index is 13.7. The fraction of sp³-hybridized carbons (Fsp3) is 0.378. The van der Waals surface area contributed by atoms with Crippen molar-refractivity contribution in [3.05, 3.63) is 83.4 Å². The number of benzene rings is 3. The Bertz CT molecular complexity index is 1800. The fourth-order valence-corrected chi connectivity index (χ4v) is 6.85. The highest BCUT2D eigenvalue weighted by Crippen LogP contribution is 2.29. The van der Waals surface area contributed by atoms with Gasteiger partial charge >= 0.3 is 6.09 Å². The van der Waals surface area contributed by atoms with Crippen molar-refractivity contribution in [1.82, 2.24) is 36.2 Å². The minimum Gasteiger partial charge on any atom is -0.465 e. The van der Waals surface area contributed by atoms with Crippen LogP contribution in [0.25, 0.3) is 22.5 Å². The van der Waals surface area contributed by atoms with Gasteiger partial charge in [-0.05, 0) is 115 Å². The highest BCUT2D eigenvalue weighted by atomic mass is 16.4. The molecule has 13 heteroatoms. The van der Waals surface area contributed by atoms with Gasteiger partial charge in [-0.1, -0.05) is 30.3 Å². The van der Waals surface area contributed by atoms with Crippen LogP contribution in [-0.4, -0.2) is 80.1 Å². The van der Waals surface area contributed by atoms with E-state index in [4.69, 9.17) is 5.11 Å². The normalized spacial score (nSPS) is 17.9. The monoisotopic (exact) mass is 678 g/mol. The quantitative estimate of drug-likeness (QED) is 0.150. The zero-order valence-electron chi connectivity index (χ0n) is 28.0. The van der Waals surface area contributed by atoms with E-state index in [2.05, 4.69) is 36.6 Å². The Labute approximate surface area is 290 Å². The summed E-state index contributed by atoms with van der Waals surface area (Å²) in [6.45, 7) is 3.99. The number of anilines is 1. The summed E-state index contributed by atoms with van der Waals surface area (Å²) in [7, 11) is 0. The Kier molecular flexibility index (Phi) is 10.8. The first-order chi connectivity index (χ1) is 24.2. The molecule has 1 aromatic heterocycles. The average molecular weight is 679 g/mol. The standard InChI is InChI=1S/C37H42N8O5/c1-23-20-29(36(48)45-18-2-3-19-45)14-17-31(23)26-8-4-24(5-9-26)21-32(40-34(46)28-10-6-25(7-11-28)22-38-37(49)50)35(47)39-30-15-12-27(13-16-30)33-41-43-44-42-33/h4-5,8-9,12-17,20,25,28,32,38H,2-3,6-7,10-11,18-19,21-22H2,1H3,(H,39,47)(H,40,46)(H,49,50)(H,41,42,43,44)/t25?,28?,32-/m0/s1. The van der Waals surface area contributed by atoms with E-state index >= 15 is 0 Å². The number of carbonyl (C=O) groups is 4. The van der Waals surface area contributed by atoms with E-state index in [1.54, 1.807) is 24.3 Å². The summed E-state index contributed by atoms with van der Waals surface area (Å²) in [5.41, 5.74) is 5.89. The topological polar surface area (TPSA) is 182 Å². The van der Waals surface area contributed by atoms with Crippen LogP contribution >= 0.6 is 0 Å². The average Bonchev–Trinajstić information content (AvgIpc) is 3.87.